The van der Waals surface area contributed by atoms with Gasteiger partial charge >= 0.3 is 0 Å². The fourth-order valence-electron chi connectivity index (χ4n) is 1.88. The topological polar surface area (TPSA) is 59.8 Å². The molecule has 3 heterocycles. The van der Waals surface area contributed by atoms with Crippen LogP contribution in [0.25, 0.3) is 6.08 Å². The number of nitrogens with one attached hydrogen (secondary N) is 1. The minimum atomic E-state index is -0.200. The average Bonchev–Trinajstić information content (AvgIpc) is 3.18. The van der Waals surface area contributed by atoms with E-state index in [1.54, 1.807) is 34.4 Å². The first-order valence-corrected chi connectivity index (χ1v) is 7.68. The minimum absolute atomic E-state index is 0.200. The Balaban J connectivity index is 1.58. The van der Waals surface area contributed by atoms with E-state index in [4.69, 9.17) is 0 Å². The van der Waals surface area contributed by atoms with E-state index in [0.717, 1.165) is 11.3 Å². The summed E-state index contributed by atoms with van der Waals surface area (Å²) in [5, 5.41) is 11.0. The summed E-state index contributed by atoms with van der Waals surface area (Å²) >= 11 is 1.59. The first kappa shape index (κ1) is 14.2. The Bertz CT molecular complexity index is 763. The molecule has 0 radical (unpaired) electrons. The Labute approximate surface area is 131 Å². The second-order valence-corrected chi connectivity index (χ2v) is 5.38. The second kappa shape index (κ2) is 6.82. The highest BCUT2D eigenvalue weighted by Crippen LogP contribution is 2.08. The van der Waals surface area contributed by atoms with Crippen molar-refractivity contribution in [2.75, 3.05) is 5.32 Å². The number of carbonyl (C=O) groups is 1. The molecule has 0 aliphatic heterocycles. The van der Waals surface area contributed by atoms with Crippen LogP contribution >= 0.6 is 11.3 Å². The first-order valence-electron chi connectivity index (χ1n) is 6.74. The quantitative estimate of drug-likeness (QED) is 0.737. The number of hydrogen-bond acceptors (Lipinski definition) is 4. The number of hydrogen-bond donors (Lipinski definition) is 1. The number of amides is 1. The maximum absolute atomic E-state index is 11.8. The first-order chi connectivity index (χ1) is 10.8. The summed E-state index contributed by atoms with van der Waals surface area (Å²) in [6.45, 7) is 0.571. The molecule has 5 nitrogen and oxygen atoms in total. The summed E-state index contributed by atoms with van der Waals surface area (Å²) < 4.78 is 1.74. The van der Waals surface area contributed by atoms with Crippen molar-refractivity contribution in [3.05, 3.63) is 70.8 Å². The monoisotopic (exact) mass is 310 g/mol. The Morgan fingerprint density at radius 1 is 1.32 bits per heavy atom. The summed E-state index contributed by atoms with van der Waals surface area (Å²) in [5.74, 6) is 0.324. The standard InChI is InChI=1S/C16H14N4OS/c21-16(5-4-13-7-10-22-12-13)18-15-6-9-20(19-15)11-14-3-1-2-8-17-14/h1-10,12H,11H2,(H,18,19,21)/b5-4+. The molecule has 0 spiro atoms. The Hall–Kier alpha value is -2.73. The summed E-state index contributed by atoms with van der Waals surface area (Å²) in [5.41, 5.74) is 1.93. The van der Waals surface area contributed by atoms with E-state index in [2.05, 4.69) is 15.4 Å². The number of aromatic nitrogens is 3. The highest BCUT2D eigenvalue weighted by Gasteiger charge is 2.03. The third kappa shape index (κ3) is 3.89. The summed E-state index contributed by atoms with van der Waals surface area (Å²) in [4.78, 5) is 16.1. The van der Waals surface area contributed by atoms with Gasteiger partial charge in [-0.3, -0.25) is 14.5 Å². The van der Waals surface area contributed by atoms with Crippen molar-refractivity contribution < 1.29 is 4.79 Å². The third-order valence-electron chi connectivity index (χ3n) is 2.91. The zero-order chi connectivity index (χ0) is 15.2. The molecule has 0 unspecified atom stereocenters. The molecule has 3 rings (SSSR count). The van der Waals surface area contributed by atoms with Crippen molar-refractivity contribution in [1.82, 2.24) is 14.8 Å². The van der Waals surface area contributed by atoms with Gasteiger partial charge in [-0.05, 0) is 40.6 Å². The molecule has 0 saturated heterocycles. The second-order valence-electron chi connectivity index (χ2n) is 4.60. The number of anilines is 1. The van der Waals surface area contributed by atoms with Gasteiger partial charge in [-0.25, -0.2) is 0 Å². The van der Waals surface area contributed by atoms with Crippen LogP contribution < -0.4 is 5.32 Å². The highest BCUT2D eigenvalue weighted by atomic mass is 32.1. The van der Waals surface area contributed by atoms with Gasteiger partial charge in [0, 0.05) is 24.5 Å². The van der Waals surface area contributed by atoms with Gasteiger partial charge in [-0.15, -0.1) is 0 Å². The fourth-order valence-corrected chi connectivity index (χ4v) is 2.51. The smallest absolute Gasteiger partial charge is 0.249 e. The van der Waals surface area contributed by atoms with Crippen LogP contribution in [0.15, 0.2) is 59.6 Å². The minimum Gasteiger partial charge on any atom is -0.306 e. The number of rotatable bonds is 5. The lowest BCUT2D eigenvalue weighted by molar-refractivity contribution is -0.111. The van der Waals surface area contributed by atoms with E-state index < -0.39 is 0 Å². The molecular weight excluding hydrogens is 296 g/mol. The zero-order valence-electron chi connectivity index (χ0n) is 11.7. The van der Waals surface area contributed by atoms with Gasteiger partial charge in [0.25, 0.3) is 0 Å². The van der Waals surface area contributed by atoms with Crippen LogP contribution in [-0.2, 0) is 11.3 Å². The predicted octanol–water partition coefficient (Wildman–Crippen LogP) is 3.04. The number of thiophene rings is 1. The van der Waals surface area contributed by atoms with Crippen LogP contribution in [0, 0.1) is 0 Å². The van der Waals surface area contributed by atoms with Crippen molar-refractivity contribution >= 4 is 29.1 Å². The van der Waals surface area contributed by atoms with Crippen LogP contribution in [-0.4, -0.2) is 20.7 Å². The molecule has 0 atom stereocenters. The summed E-state index contributed by atoms with van der Waals surface area (Å²) in [6, 6.07) is 9.46. The van der Waals surface area contributed by atoms with E-state index in [0.29, 0.717) is 12.4 Å². The molecule has 22 heavy (non-hydrogen) atoms. The van der Waals surface area contributed by atoms with E-state index in [-0.39, 0.29) is 5.91 Å². The Morgan fingerprint density at radius 2 is 2.27 bits per heavy atom. The van der Waals surface area contributed by atoms with Gasteiger partial charge in [0.1, 0.15) is 0 Å². The molecule has 3 aromatic heterocycles. The zero-order valence-corrected chi connectivity index (χ0v) is 12.5. The van der Waals surface area contributed by atoms with E-state index >= 15 is 0 Å². The lowest BCUT2D eigenvalue weighted by atomic mass is 10.3. The highest BCUT2D eigenvalue weighted by molar-refractivity contribution is 7.08. The molecule has 0 aliphatic carbocycles. The van der Waals surface area contributed by atoms with Gasteiger partial charge in [0.15, 0.2) is 5.82 Å². The summed E-state index contributed by atoms with van der Waals surface area (Å²) in [6.07, 6.45) is 6.83. The summed E-state index contributed by atoms with van der Waals surface area (Å²) in [7, 11) is 0. The molecule has 110 valence electrons. The molecule has 0 aromatic carbocycles. The van der Waals surface area contributed by atoms with Gasteiger partial charge in [0.2, 0.25) is 5.91 Å². The number of pyridine rings is 1. The lowest BCUT2D eigenvalue weighted by Gasteiger charge is -2.00. The SMILES string of the molecule is O=C(/C=C/c1ccsc1)Nc1ccn(Cc2ccccn2)n1. The average molecular weight is 310 g/mol. The Morgan fingerprint density at radius 3 is 3.05 bits per heavy atom. The molecule has 0 fully saturated rings. The van der Waals surface area contributed by atoms with Crippen LogP contribution in [0.3, 0.4) is 0 Å². The third-order valence-corrected chi connectivity index (χ3v) is 3.61. The van der Waals surface area contributed by atoms with Crippen molar-refractivity contribution in [3.63, 3.8) is 0 Å². The number of carbonyl (C=O) groups excluding carboxylic acids is 1. The normalized spacial score (nSPS) is 10.9. The van der Waals surface area contributed by atoms with Crippen molar-refractivity contribution in [3.8, 4) is 0 Å². The van der Waals surface area contributed by atoms with Crippen molar-refractivity contribution in [2.45, 2.75) is 6.54 Å². The van der Waals surface area contributed by atoms with Crippen LogP contribution in [0.5, 0.6) is 0 Å². The molecule has 1 N–H and O–H groups in total. The molecule has 0 saturated carbocycles. The molecule has 0 aliphatic rings. The van der Waals surface area contributed by atoms with E-state index in [1.165, 1.54) is 6.08 Å². The van der Waals surface area contributed by atoms with Crippen molar-refractivity contribution in [2.24, 2.45) is 0 Å². The van der Waals surface area contributed by atoms with E-state index in [9.17, 15) is 4.79 Å². The molecule has 6 heteroatoms. The fraction of sp³-hybridized carbons (Fsp3) is 0.0625. The predicted molar refractivity (Wildman–Crippen MR) is 87.5 cm³/mol. The molecular formula is C16H14N4OS. The van der Waals surface area contributed by atoms with Crippen LogP contribution in [0.2, 0.25) is 0 Å². The lowest BCUT2D eigenvalue weighted by Crippen LogP contribution is -2.09. The maximum Gasteiger partial charge on any atom is 0.249 e. The van der Waals surface area contributed by atoms with Crippen molar-refractivity contribution in [1.29, 1.82) is 0 Å². The molecule has 3 aromatic rings. The van der Waals surface area contributed by atoms with Gasteiger partial charge in [-0.1, -0.05) is 6.07 Å². The number of nitrogens with zero attached hydrogens (tertiary/aromatic N) is 3. The molecule has 0 bridgehead atoms. The van der Waals surface area contributed by atoms with Gasteiger partial charge in [0.05, 0.1) is 12.2 Å². The maximum atomic E-state index is 11.8. The van der Waals surface area contributed by atoms with Gasteiger partial charge in [-0.2, -0.15) is 16.4 Å². The van der Waals surface area contributed by atoms with Crippen LogP contribution in [0.1, 0.15) is 11.3 Å². The van der Waals surface area contributed by atoms with E-state index in [1.807, 2.05) is 41.2 Å². The van der Waals surface area contributed by atoms with Crippen LogP contribution in [0.4, 0.5) is 5.82 Å². The largest absolute Gasteiger partial charge is 0.306 e. The van der Waals surface area contributed by atoms with Gasteiger partial charge < -0.3 is 5.32 Å². The molecule has 1 amide bonds. The Kier molecular flexibility index (Phi) is 4.41.